The van der Waals surface area contributed by atoms with E-state index in [2.05, 4.69) is 25.7 Å². The van der Waals surface area contributed by atoms with Crippen LogP contribution in [-0.2, 0) is 33.4 Å². The van der Waals surface area contributed by atoms with Crippen LogP contribution in [0.2, 0.25) is 5.02 Å². The molecule has 5 rings (SSSR count). The molecule has 0 radical (unpaired) electrons. The molecule has 1 aliphatic heterocycles. The van der Waals surface area contributed by atoms with E-state index in [1.54, 1.807) is 25.1 Å². The van der Waals surface area contributed by atoms with Gasteiger partial charge < -0.3 is 18.9 Å². The number of alkyl halides is 3. The fraction of sp³-hybridized carbons (Fsp3) is 0.385. The number of rotatable bonds is 9. The molecule has 2 aromatic carbocycles. The molecule has 0 saturated heterocycles. The van der Waals surface area contributed by atoms with Gasteiger partial charge in [0.05, 0.1) is 26.5 Å². The summed E-state index contributed by atoms with van der Waals surface area (Å²) in [5.41, 5.74) is 0.950. The van der Waals surface area contributed by atoms with Crippen molar-refractivity contribution in [2.45, 2.75) is 44.7 Å². The molecule has 0 saturated carbocycles. The largest absolute Gasteiger partial charge is 0.493 e. The van der Waals surface area contributed by atoms with E-state index in [-0.39, 0.29) is 48.4 Å². The molecule has 0 fully saturated rings. The lowest BCUT2D eigenvalue weighted by Gasteiger charge is -2.25. The third-order valence-electron chi connectivity index (χ3n) is 6.58. The Morgan fingerprint density at radius 3 is 2.62 bits per heavy atom. The molecule has 0 aliphatic carbocycles. The lowest BCUT2D eigenvalue weighted by atomic mass is 9.98. The van der Waals surface area contributed by atoms with Gasteiger partial charge in [-0.3, -0.25) is 9.36 Å². The van der Waals surface area contributed by atoms with E-state index in [1.807, 2.05) is 0 Å². The zero-order chi connectivity index (χ0) is 30.0. The maximum atomic E-state index is 14.2. The smallest absolute Gasteiger partial charge is 0.452 e. The average Bonchev–Trinajstić information content (AvgIpc) is 3.57. The normalized spacial score (nSPS) is 16.4. The van der Waals surface area contributed by atoms with Crippen molar-refractivity contribution in [3.8, 4) is 17.2 Å². The summed E-state index contributed by atoms with van der Waals surface area (Å²) in [6.45, 7) is 1.93. The number of aromatic nitrogens is 7. The monoisotopic (exact) mass is 607 g/mol. The van der Waals surface area contributed by atoms with Crippen molar-refractivity contribution in [2.75, 3.05) is 20.8 Å². The number of carbonyl (C=O) groups excluding carboxylic acids is 1. The van der Waals surface area contributed by atoms with Crippen LogP contribution in [0.3, 0.4) is 0 Å². The highest BCUT2D eigenvalue weighted by Gasteiger charge is 2.43. The first-order valence-electron chi connectivity index (χ1n) is 12.8. The van der Waals surface area contributed by atoms with Crippen LogP contribution in [0.5, 0.6) is 11.5 Å². The molecule has 0 N–H and O–H groups in total. The highest BCUT2D eigenvalue weighted by atomic mass is 35.5. The fourth-order valence-electron chi connectivity index (χ4n) is 4.82. The molecule has 42 heavy (non-hydrogen) atoms. The molecule has 0 unspecified atom stereocenters. The summed E-state index contributed by atoms with van der Waals surface area (Å²) in [6.07, 6.45) is -6.98. The van der Waals surface area contributed by atoms with Crippen molar-refractivity contribution in [1.29, 1.82) is 0 Å². The summed E-state index contributed by atoms with van der Waals surface area (Å²) in [4.78, 5) is 12.0. The molecule has 222 valence electrons. The zero-order valence-corrected chi connectivity index (χ0v) is 23.4. The first-order chi connectivity index (χ1) is 20.2. The van der Waals surface area contributed by atoms with E-state index in [0.717, 1.165) is 4.57 Å². The molecule has 3 heterocycles. The molecule has 2 aromatic heterocycles. The summed E-state index contributed by atoms with van der Waals surface area (Å²) in [5, 5.41) is 19.1. The quantitative estimate of drug-likeness (QED) is 0.254. The molecule has 0 spiro atoms. The highest BCUT2D eigenvalue weighted by Crippen LogP contribution is 2.47. The molecule has 12 nitrogen and oxygen atoms in total. The van der Waals surface area contributed by atoms with Gasteiger partial charge >= 0.3 is 12.1 Å². The Morgan fingerprint density at radius 2 is 1.90 bits per heavy atom. The summed E-state index contributed by atoms with van der Waals surface area (Å²) < 4.78 is 67.6. The van der Waals surface area contributed by atoms with Gasteiger partial charge in [0, 0.05) is 29.1 Å². The number of aryl methyl sites for hydroxylation is 1. The fourth-order valence-corrected chi connectivity index (χ4v) is 5.00. The van der Waals surface area contributed by atoms with E-state index >= 15 is 0 Å². The van der Waals surface area contributed by atoms with Crippen LogP contribution in [0.1, 0.15) is 54.2 Å². The van der Waals surface area contributed by atoms with Gasteiger partial charge in [-0.25, -0.2) is 4.68 Å². The maximum Gasteiger partial charge on any atom is 0.452 e. The first kappa shape index (κ1) is 29.3. The van der Waals surface area contributed by atoms with Crippen LogP contribution in [0, 0.1) is 0 Å². The standard InChI is InChI=1S/C26H25ClF3N7O5/c1-4-41-21(38)13-20-31-34-35-36(20)11-10-19-24-32-33-25(26(28,29)30)37(24)17-9-8-14(27)12-16(17)22(42-19)15-6-5-7-18(39-2)23(15)40-3/h5-9,12,19,22H,4,10-11,13H2,1-3H3/t19-,22-/m1/s1. The summed E-state index contributed by atoms with van der Waals surface area (Å²) in [7, 11) is 2.92. The lowest BCUT2D eigenvalue weighted by Crippen LogP contribution is -2.18. The topological polar surface area (TPSA) is 128 Å². The van der Waals surface area contributed by atoms with Crippen LogP contribution in [0.15, 0.2) is 36.4 Å². The number of methoxy groups -OCH3 is 2. The Hall–Kier alpha value is -4.24. The van der Waals surface area contributed by atoms with Crippen molar-refractivity contribution < 1.29 is 36.9 Å². The van der Waals surface area contributed by atoms with Crippen molar-refractivity contribution in [2.24, 2.45) is 0 Å². The number of carbonyl (C=O) groups is 1. The van der Waals surface area contributed by atoms with Gasteiger partial charge in [-0.2, -0.15) is 13.2 Å². The predicted octanol–water partition coefficient (Wildman–Crippen LogP) is 4.30. The lowest BCUT2D eigenvalue weighted by molar-refractivity contribution is -0.146. The third kappa shape index (κ3) is 5.61. The van der Waals surface area contributed by atoms with E-state index < -0.39 is 30.2 Å². The van der Waals surface area contributed by atoms with Gasteiger partial charge in [-0.15, -0.1) is 15.3 Å². The Bertz CT molecular complexity index is 1590. The number of fused-ring (bicyclic) bond motifs is 3. The second kappa shape index (κ2) is 11.9. The van der Waals surface area contributed by atoms with Crippen LogP contribution in [-0.4, -0.2) is 61.8 Å². The summed E-state index contributed by atoms with van der Waals surface area (Å²) in [5.74, 6) is -0.878. The number of ether oxygens (including phenoxy) is 4. The second-order valence-corrected chi connectivity index (χ2v) is 9.53. The van der Waals surface area contributed by atoms with Gasteiger partial charge in [-0.1, -0.05) is 23.7 Å². The minimum atomic E-state index is -4.83. The van der Waals surface area contributed by atoms with E-state index in [9.17, 15) is 18.0 Å². The SMILES string of the molecule is CCOC(=O)Cc1nnnn1CC[C@H]1O[C@H](c2cccc(OC)c2OC)c2cc(Cl)ccc2-n2c1nnc2C(F)(F)F. The van der Waals surface area contributed by atoms with Gasteiger partial charge in [0.1, 0.15) is 18.6 Å². The average molecular weight is 608 g/mol. The molecular weight excluding hydrogens is 583 g/mol. The number of nitrogens with zero attached hydrogens (tertiary/aromatic N) is 7. The number of hydrogen-bond donors (Lipinski definition) is 0. The summed E-state index contributed by atoms with van der Waals surface area (Å²) >= 11 is 6.35. The van der Waals surface area contributed by atoms with Crippen molar-refractivity contribution >= 4 is 17.6 Å². The Kier molecular flexibility index (Phi) is 8.31. The minimum Gasteiger partial charge on any atom is -0.493 e. The zero-order valence-electron chi connectivity index (χ0n) is 22.6. The number of esters is 1. The molecule has 4 aromatic rings. The van der Waals surface area contributed by atoms with E-state index in [4.69, 9.17) is 30.5 Å². The number of hydrogen-bond acceptors (Lipinski definition) is 10. The first-order valence-corrected chi connectivity index (χ1v) is 13.1. The Morgan fingerprint density at radius 1 is 1.10 bits per heavy atom. The molecule has 0 amide bonds. The van der Waals surface area contributed by atoms with Crippen LogP contribution in [0.25, 0.3) is 5.69 Å². The van der Waals surface area contributed by atoms with E-state index in [0.29, 0.717) is 22.6 Å². The van der Waals surface area contributed by atoms with Gasteiger partial charge in [0.15, 0.2) is 23.1 Å². The van der Waals surface area contributed by atoms with Crippen molar-refractivity contribution in [3.05, 3.63) is 70.0 Å². The van der Waals surface area contributed by atoms with Gasteiger partial charge in [-0.05, 0) is 41.6 Å². The van der Waals surface area contributed by atoms with Crippen LogP contribution in [0.4, 0.5) is 13.2 Å². The molecular formula is C26H25ClF3N7O5. The van der Waals surface area contributed by atoms with Crippen LogP contribution < -0.4 is 9.47 Å². The van der Waals surface area contributed by atoms with Crippen molar-refractivity contribution in [3.63, 3.8) is 0 Å². The molecule has 1 aliphatic rings. The molecule has 2 atom stereocenters. The summed E-state index contributed by atoms with van der Waals surface area (Å²) in [6, 6.07) is 9.61. The van der Waals surface area contributed by atoms with Gasteiger partial charge in [0.25, 0.3) is 0 Å². The maximum absolute atomic E-state index is 14.2. The number of halogens is 4. The van der Waals surface area contributed by atoms with Gasteiger partial charge in [0.2, 0.25) is 5.82 Å². The molecule has 16 heteroatoms. The number of benzene rings is 2. The Labute approximate surface area is 242 Å². The number of para-hydroxylation sites is 1. The second-order valence-electron chi connectivity index (χ2n) is 9.09. The Balaban J connectivity index is 1.63. The highest BCUT2D eigenvalue weighted by molar-refractivity contribution is 6.30. The molecule has 0 bridgehead atoms. The number of tetrazole rings is 1. The van der Waals surface area contributed by atoms with Crippen LogP contribution >= 0.6 is 11.6 Å². The predicted molar refractivity (Wildman–Crippen MR) is 139 cm³/mol. The van der Waals surface area contributed by atoms with E-state index in [1.165, 1.54) is 37.1 Å². The van der Waals surface area contributed by atoms with Crippen molar-refractivity contribution in [1.82, 2.24) is 35.0 Å². The minimum absolute atomic E-state index is 0.0569. The third-order valence-corrected chi connectivity index (χ3v) is 6.81.